The largest absolute Gasteiger partial charge is 0.417 e. The van der Waals surface area contributed by atoms with Gasteiger partial charge in [0.15, 0.2) is 0 Å². The lowest BCUT2D eigenvalue weighted by Gasteiger charge is -2.23. The minimum atomic E-state index is -4.55. The zero-order valence-corrected chi connectivity index (χ0v) is 14.8. The highest BCUT2D eigenvalue weighted by Gasteiger charge is 2.36. The van der Waals surface area contributed by atoms with Gasteiger partial charge in [0.2, 0.25) is 11.8 Å². The molecule has 1 aromatic rings. The number of carbonyl (C=O) groups is 2. The summed E-state index contributed by atoms with van der Waals surface area (Å²) in [7, 11) is 0. The molecule has 9 heteroatoms. The lowest BCUT2D eigenvalue weighted by molar-refractivity contribution is -0.137. The normalized spacial score (nSPS) is 18.1. The van der Waals surface area contributed by atoms with E-state index in [1.54, 1.807) is 0 Å². The van der Waals surface area contributed by atoms with E-state index in [-0.39, 0.29) is 24.4 Å². The van der Waals surface area contributed by atoms with Crippen molar-refractivity contribution in [1.82, 2.24) is 10.2 Å². The van der Waals surface area contributed by atoms with Crippen molar-refractivity contribution in [2.24, 2.45) is 0 Å². The van der Waals surface area contributed by atoms with Gasteiger partial charge in [-0.25, -0.2) is 0 Å². The SMILES string of the molecule is O=C(NCc1cccc(C(F)(F)F)c1Cl)C1CCC(=O)N1CCBr. The Kier molecular flexibility index (Phi) is 6.14. The molecule has 2 rings (SSSR count). The van der Waals surface area contributed by atoms with Gasteiger partial charge >= 0.3 is 6.18 Å². The van der Waals surface area contributed by atoms with E-state index in [1.165, 1.54) is 17.0 Å². The summed E-state index contributed by atoms with van der Waals surface area (Å²) >= 11 is 9.02. The number of likely N-dealkylation sites (tertiary alicyclic amines) is 1. The molecule has 4 nitrogen and oxygen atoms in total. The molecule has 0 saturated carbocycles. The predicted octanol–water partition coefficient (Wildman–Crippen LogP) is 3.36. The minimum Gasteiger partial charge on any atom is -0.350 e. The highest BCUT2D eigenvalue weighted by Crippen LogP contribution is 2.36. The molecule has 0 bridgehead atoms. The molecule has 1 unspecified atom stereocenters. The summed E-state index contributed by atoms with van der Waals surface area (Å²) in [5.41, 5.74) is -0.760. The first kappa shape index (κ1) is 19.1. The molecule has 1 N–H and O–H groups in total. The van der Waals surface area contributed by atoms with Gasteiger partial charge < -0.3 is 10.2 Å². The number of nitrogens with one attached hydrogen (secondary N) is 1. The Morgan fingerprint density at radius 3 is 2.75 bits per heavy atom. The van der Waals surface area contributed by atoms with Crippen molar-refractivity contribution in [3.8, 4) is 0 Å². The molecular formula is C15H15BrClF3N2O2. The van der Waals surface area contributed by atoms with Crippen LogP contribution in [0.1, 0.15) is 24.0 Å². The van der Waals surface area contributed by atoms with Crippen molar-refractivity contribution < 1.29 is 22.8 Å². The van der Waals surface area contributed by atoms with Crippen molar-refractivity contribution in [2.45, 2.75) is 31.6 Å². The first-order valence-electron chi connectivity index (χ1n) is 7.23. The molecule has 1 aliphatic heterocycles. The highest BCUT2D eigenvalue weighted by molar-refractivity contribution is 9.09. The molecule has 1 fully saturated rings. The topological polar surface area (TPSA) is 49.4 Å². The van der Waals surface area contributed by atoms with Crippen LogP contribution in [0.2, 0.25) is 5.02 Å². The second-order valence-corrected chi connectivity index (χ2v) is 6.50. The van der Waals surface area contributed by atoms with Gasteiger partial charge in [0.1, 0.15) is 6.04 Å². The van der Waals surface area contributed by atoms with E-state index in [9.17, 15) is 22.8 Å². The molecule has 0 radical (unpaired) electrons. The Morgan fingerprint density at radius 1 is 1.42 bits per heavy atom. The molecule has 1 saturated heterocycles. The standard InChI is InChI=1S/C15H15BrClF3N2O2/c16-6-7-22-11(4-5-12(22)23)14(24)21-8-9-2-1-3-10(13(9)17)15(18,19)20/h1-3,11H,4-8H2,(H,21,24). The molecule has 132 valence electrons. The number of alkyl halides is 4. The van der Waals surface area contributed by atoms with Crippen LogP contribution < -0.4 is 5.32 Å². The smallest absolute Gasteiger partial charge is 0.350 e. The molecule has 1 aromatic carbocycles. The van der Waals surface area contributed by atoms with Crippen molar-refractivity contribution in [3.05, 3.63) is 34.3 Å². The summed E-state index contributed by atoms with van der Waals surface area (Å²) in [5, 5.41) is 2.69. The van der Waals surface area contributed by atoms with Crippen LogP contribution in [0, 0.1) is 0 Å². The van der Waals surface area contributed by atoms with E-state index < -0.39 is 28.7 Å². The van der Waals surface area contributed by atoms with E-state index in [1.807, 2.05) is 0 Å². The fourth-order valence-corrected chi connectivity index (χ4v) is 3.30. The Hall–Kier alpha value is -1.28. The zero-order chi connectivity index (χ0) is 17.9. The van der Waals surface area contributed by atoms with Gasteiger partial charge in [0, 0.05) is 24.8 Å². The number of nitrogens with zero attached hydrogens (tertiary/aromatic N) is 1. The van der Waals surface area contributed by atoms with Crippen LogP contribution in [0.5, 0.6) is 0 Å². The molecule has 1 aliphatic rings. The lowest BCUT2D eigenvalue weighted by atomic mass is 10.1. The summed E-state index contributed by atoms with van der Waals surface area (Å²) in [6.07, 6.45) is -3.87. The minimum absolute atomic E-state index is 0.105. The number of hydrogen-bond acceptors (Lipinski definition) is 2. The summed E-state index contributed by atoms with van der Waals surface area (Å²) in [6, 6.07) is 2.96. The Bertz CT molecular complexity index is 640. The summed E-state index contributed by atoms with van der Waals surface area (Å²) in [6.45, 7) is 0.273. The first-order chi connectivity index (χ1) is 11.3. The molecular weight excluding hydrogens is 413 g/mol. The number of rotatable bonds is 5. The maximum atomic E-state index is 12.8. The van der Waals surface area contributed by atoms with Crippen molar-refractivity contribution >= 4 is 39.3 Å². The lowest BCUT2D eigenvalue weighted by Crippen LogP contribution is -2.45. The third kappa shape index (κ3) is 4.22. The van der Waals surface area contributed by atoms with Crippen LogP contribution in [-0.2, 0) is 22.3 Å². The molecule has 0 spiro atoms. The van der Waals surface area contributed by atoms with Gasteiger partial charge in [-0.1, -0.05) is 39.7 Å². The van der Waals surface area contributed by atoms with Crippen LogP contribution in [0.3, 0.4) is 0 Å². The molecule has 0 aliphatic carbocycles. The number of amides is 2. The van der Waals surface area contributed by atoms with Crippen molar-refractivity contribution in [1.29, 1.82) is 0 Å². The molecule has 1 heterocycles. The van der Waals surface area contributed by atoms with Crippen molar-refractivity contribution in [2.75, 3.05) is 11.9 Å². The third-order valence-corrected chi connectivity index (χ3v) is 4.59. The second kappa shape index (κ2) is 7.74. The average molecular weight is 428 g/mol. The highest BCUT2D eigenvalue weighted by atomic mass is 79.9. The Labute approximate surface area is 150 Å². The molecule has 2 amide bonds. The summed E-state index contributed by atoms with van der Waals surface area (Å²) in [4.78, 5) is 25.5. The molecule has 0 aromatic heterocycles. The number of halogens is 5. The van der Waals surface area contributed by atoms with Crippen LogP contribution in [0.25, 0.3) is 0 Å². The van der Waals surface area contributed by atoms with Gasteiger partial charge in [-0.3, -0.25) is 9.59 Å². The fraction of sp³-hybridized carbons (Fsp3) is 0.467. The van der Waals surface area contributed by atoms with Gasteiger partial charge in [-0.2, -0.15) is 13.2 Å². The van der Waals surface area contributed by atoms with Gasteiger partial charge in [0.25, 0.3) is 0 Å². The van der Waals surface area contributed by atoms with Crippen LogP contribution >= 0.6 is 27.5 Å². The second-order valence-electron chi connectivity index (χ2n) is 5.32. The first-order valence-corrected chi connectivity index (χ1v) is 8.73. The van der Waals surface area contributed by atoms with E-state index in [0.717, 1.165) is 6.07 Å². The summed E-state index contributed by atoms with van der Waals surface area (Å²) < 4.78 is 38.5. The molecule has 24 heavy (non-hydrogen) atoms. The van der Waals surface area contributed by atoms with E-state index in [4.69, 9.17) is 11.6 Å². The van der Waals surface area contributed by atoms with Gasteiger partial charge in [0.05, 0.1) is 10.6 Å². The van der Waals surface area contributed by atoms with E-state index in [0.29, 0.717) is 18.3 Å². The van der Waals surface area contributed by atoms with Crippen molar-refractivity contribution in [3.63, 3.8) is 0 Å². The quantitative estimate of drug-likeness (QED) is 0.733. The predicted molar refractivity (Wildman–Crippen MR) is 86.8 cm³/mol. The maximum absolute atomic E-state index is 12.8. The zero-order valence-electron chi connectivity index (χ0n) is 12.5. The van der Waals surface area contributed by atoms with Crippen LogP contribution in [0.4, 0.5) is 13.2 Å². The maximum Gasteiger partial charge on any atom is 0.417 e. The van der Waals surface area contributed by atoms with E-state index >= 15 is 0 Å². The van der Waals surface area contributed by atoms with Gasteiger partial charge in [-0.15, -0.1) is 0 Å². The Morgan fingerprint density at radius 2 is 2.12 bits per heavy atom. The van der Waals surface area contributed by atoms with Gasteiger partial charge in [-0.05, 0) is 18.1 Å². The third-order valence-electron chi connectivity index (χ3n) is 3.79. The Balaban J connectivity index is 2.06. The number of carbonyl (C=O) groups excluding carboxylic acids is 2. The number of benzene rings is 1. The average Bonchev–Trinajstić information content (AvgIpc) is 2.86. The molecule has 1 atom stereocenters. The fourth-order valence-electron chi connectivity index (χ4n) is 2.61. The number of hydrogen-bond donors (Lipinski definition) is 1. The van der Waals surface area contributed by atoms with E-state index in [2.05, 4.69) is 21.2 Å². The summed E-state index contributed by atoms with van der Waals surface area (Å²) in [5.74, 6) is -0.498. The monoisotopic (exact) mass is 426 g/mol. The van der Waals surface area contributed by atoms with Crippen LogP contribution in [-0.4, -0.2) is 34.6 Å². The van der Waals surface area contributed by atoms with Crippen LogP contribution in [0.15, 0.2) is 18.2 Å².